The molecule has 0 N–H and O–H groups in total. The summed E-state index contributed by atoms with van der Waals surface area (Å²) in [5, 5.41) is 0.405. The molecule has 0 bridgehead atoms. The summed E-state index contributed by atoms with van der Waals surface area (Å²) >= 11 is 6.17. The van der Waals surface area contributed by atoms with E-state index in [1.165, 1.54) is 4.90 Å². The molecule has 5 nitrogen and oxygen atoms in total. The third-order valence-corrected chi connectivity index (χ3v) is 3.87. The van der Waals surface area contributed by atoms with Crippen LogP contribution in [0.2, 0.25) is 5.02 Å². The second-order valence-electron chi connectivity index (χ2n) is 5.24. The molecule has 0 spiro atoms. The van der Waals surface area contributed by atoms with E-state index in [2.05, 4.69) is 4.98 Å². The lowest BCUT2D eigenvalue weighted by Gasteiger charge is -2.19. The van der Waals surface area contributed by atoms with Gasteiger partial charge in [-0.3, -0.25) is 14.5 Å². The molecule has 1 aliphatic heterocycles. The molecule has 2 heterocycles. The zero-order valence-electron chi connectivity index (χ0n) is 11.7. The van der Waals surface area contributed by atoms with E-state index < -0.39 is 11.7 Å². The number of anilines is 1. The molecule has 2 aromatic rings. The standard InChI is InChI=1S/C15H14ClN3O2/c1-9(2)19-8-17-6-10(19)7-18-13-11(14(20)15(18)21)4-3-5-12(13)16/h3-6,8-9H,7H2,1-2H3. The summed E-state index contributed by atoms with van der Waals surface area (Å²) in [5.74, 6) is -1.06. The number of aromatic nitrogens is 2. The predicted molar refractivity (Wildman–Crippen MR) is 79.6 cm³/mol. The number of benzene rings is 1. The van der Waals surface area contributed by atoms with Gasteiger partial charge < -0.3 is 4.57 Å². The highest BCUT2D eigenvalue weighted by atomic mass is 35.5. The number of carbonyl (C=O) groups excluding carboxylic acids is 2. The monoisotopic (exact) mass is 303 g/mol. The lowest BCUT2D eigenvalue weighted by Crippen LogP contribution is -2.30. The van der Waals surface area contributed by atoms with E-state index in [1.54, 1.807) is 30.7 Å². The van der Waals surface area contributed by atoms with Crippen molar-refractivity contribution in [3.8, 4) is 0 Å². The molecular formula is C15H14ClN3O2. The highest BCUT2D eigenvalue weighted by molar-refractivity contribution is 6.54. The average molecular weight is 304 g/mol. The molecule has 6 heteroatoms. The fourth-order valence-electron chi connectivity index (χ4n) is 2.54. The van der Waals surface area contributed by atoms with E-state index in [0.29, 0.717) is 16.3 Å². The summed E-state index contributed by atoms with van der Waals surface area (Å²) in [4.78, 5) is 29.8. The maximum atomic E-state index is 12.2. The summed E-state index contributed by atoms with van der Waals surface area (Å²) < 4.78 is 1.96. The van der Waals surface area contributed by atoms with Crippen molar-refractivity contribution in [1.29, 1.82) is 0 Å². The van der Waals surface area contributed by atoms with Gasteiger partial charge in [0.25, 0.3) is 11.7 Å². The van der Waals surface area contributed by atoms with Gasteiger partial charge in [-0.05, 0) is 26.0 Å². The number of amides is 1. The van der Waals surface area contributed by atoms with Crippen LogP contribution in [0.25, 0.3) is 0 Å². The number of hydrogen-bond donors (Lipinski definition) is 0. The number of para-hydroxylation sites is 1. The molecule has 0 atom stereocenters. The van der Waals surface area contributed by atoms with Crippen LogP contribution in [-0.2, 0) is 11.3 Å². The van der Waals surface area contributed by atoms with Crippen molar-refractivity contribution in [2.24, 2.45) is 0 Å². The molecule has 0 aliphatic carbocycles. The quantitative estimate of drug-likeness (QED) is 0.819. The van der Waals surface area contributed by atoms with Crippen LogP contribution in [0.15, 0.2) is 30.7 Å². The second-order valence-corrected chi connectivity index (χ2v) is 5.65. The van der Waals surface area contributed by atoms with Crippen LogP contribution in [0.1, 0.15) is 35.9 Å². The molecule has 0 fully saturated rings. The van der Waals surface area contributed by atoms with Gasteiger partial charge in [0.2, 0.25) is 0 Å². The number of fused-ring (bicyclic) bond motifs is 1. The van der Waals surface area contributed by atoms with Gasteiger partial charge in [0.1, 0.15) is 0 Å². The third kappa shape index (κ3) is 2.14. The van der Waals surface area contributed by atoms with Crippen LogP contribution in [0.4, 0.5) is 5.69 Å². The molecule has 0 unspecified atom stereocenters. The van der Waals surface area contributed by atoms with Gasteiger partial charge in [-0.1, -0.05) is 17.7 Å². The summed E-state index contributed by atoms with van der Waals surface area (Å²) in [5.41, 5.74) is 1.72. The van der Waals surface area contributed by atoms with E-state index in [4.69, 9.17) is 11.6 Å². The van der Waals surface area contributed by atoms with Crippen LogP contribution in [0, 0.1) is 0 Å². The summed E-state index contributed by atoms with van der Waals surface area (Å²) in [6.45, 7) is 4.34. The van der Waals surface area contributed by atoms with Gasteiger partial charge in [0.15, 0.2) is 0 Å². The van der Waals surface area contributed by atoms with E-state index in [-0.39, 0.29) is 12.6 Å². The van der Waals surface area contributed by atoms with Crippen LogP contribution in [0.5, 0.6) is 0 Å². The first-order valence-electron chi connectivity index (χ1n) is 6.66. The summed E-state index contributed by atoms with van der Waals surface area (Å²) in [7, 11) is 0. The van der Waals surface area contributed by atoms with E-state index in [9.17, 15) is 9.59 Å². The molecule has 1 aromatic heterocycles. The molecule has 1 amide bonds. The second kappa shape index (κ2) is 5.00. The zero-order valence-corrected chi connectivity index (χ0v) is 12.5. The van der Waals surface area contributed by atoms with Gasteiger partial charge in [-0.15, -0.1) is 0 Å². The average Bonchev–Trinajstić information content (AvgIpc) is 2.99. The number of halogens is 1. The van der Waals surface area contributed by atoms with Gasteiger partial charge in [0, 0.05) is 12.2 Å². The first-order valence-corrected chi connectivity index (χ1v) is 7.04. The van der Waals surface area contributed by atoms with Crippen molar-refractivity contribution in [3.63, 3.8) is 0 Å². The Morgan fingerprint density at radius 3 is 2.76 bits per heavy atom. The Kier molecular flexibility index (Phi) is 3.29. The number of Topliss-reactive ketones (excluding diaryl/α,β-unsaturated/α-hetero) is 1. The summed E-state index contributed by atoms with van der Waals surface area (Å²) in [6.07, 6.45) is 3.42. The number of rotatable bonds is 3. The normalized spacial score (nSPS) is 14.2. The molecule has 0 saturated heterocycles. The fraction of sp³-hybridized carbons (Fsp3) is 0.267. The number of nitrogens with zero attached hydrogens (tertiary/aromatic N) is 3. The number of carbonyl (C=O) groups is 2. The van der Waals surface area contributed by atoms with Crippen LogP contribution in [-0.4, -0.2) is 21.2 Å². The van der Waals surface area contributed by atoms with Gasteiger partial charge in [-0.2, -0.15) is 0 Å². The molecule has 1 aromatic carbocycles. The molecule has 108 valence electrons. The van der Waals surface area contributed by atoms with Crippen LogP contribution in [0.3, 0.4) is 0 Å². The number of ketones is 1. The SMILES string of the molecule is CC(C)n1cncc1CN1C(=O)C(=O)c2cccc(Cl)c21. The van der Waals surface area contributed by atoms with Crippen molar-refractivity contribution < 1.29 is 9.59 Å². The van der Waals surface area contributed by atoms with E-state index >= 15 is 0 Å². The Hall–Kier alpha value is -2.14. The van der Waals surface area contributed by atoms with Crippen molar-refractivity contribution in [1.82, 2.24) is 9.55 Å². The largest absolute Gasteiger partial charge is 0.330 e. The lowest BCUT2D eigenvalue weighted by molar-refractivity contribution is -0.114. The van der Waals surface area contributed by atoms with Crippen LogP contribution >= 0.6 is 11.6 Å². The van der Waals surface area contributed by atoms with E-state index in [1.807, 2.05) is 18.4 Å². The van der Waals surface area contributed by atoms with E-state index in [0.717, 1.165) is 5.69 Å². The zero-order chi connectivity index (χ0) is 15.1. The molecule has 3 rings (SSSR count). The highest BCUT2D eigenvalue weighted by Gasteiger charge is 2.37. The number of imidazole rings is 1. The molecule has 1 aliphatic rings. The van der Waals surface area contributed by atoms with Crippen LogP contribution < -0.4 is 4.90 Å². The van der Waals surface area contributed by atoms with Crippen molar-refractivity contribution in [2.75, 3.05) is 4.90 Å². The lowest BCUT2D eigenvalue weighted by atomic mass is 10.1. The Labute approximate surface area is 127 Å². The first kappa shape index (κ1) is 13.8. The Morgan fingerprint density at radius 2 is 2.05 bits per heavy atom. The predicted octanol–water partition coefficient (Wildman–Crippen LogP) is 2.85. The Bertz CT molecular complexity index is 736. The molecule has 0 saturated carbocycles. The topological polar surface area (TPSA) is 55.2 Å². The minimum Gasteiger partial charge on any atom is -0.330 e. The van der Waals surface area contributed by atoms with Crippen molar-refractivity contribution >= 4 is 29.0 Å². The third-order valence-electron chi connectivity index (χ3n) is 3.56. The summed E-state index contributed by atoms with van der Waals surface area (Å²) in [6, 6.07) is 5.20. The molecule has 0 radical (unpaired) electrons. The number of hydrogen-bond acceptors (Lipinski definition) is 3. The fourth-order valence-corrected chi connectivity index (χ4v) is 2.82. The first-order chi connectivity index (χ1) is 10.0. The Balaban J connectivity index is 2.03. The Morgan fingerprint density at radius 1 is 1.29 bits per heavy atom. The molecular weight excluding hydrogens is 290 g/mol. The van der Waals surface area contributed by atoms with Gasteiger partial charge >= 0.3 is 0 Å². The maximum Gasteiger partial charge on any atom is 0.299 e. The molecule has 21 heavy (non-hydrogen) atoms. The minimum absolute atomic E-state index is 0.224. The van der Waals surface area contributed by atoms with Crippen molar-refractivity contribution in [3.05, 3.63) is 47.0 Å². The van der Waals surface area contributed by atoms with Crippen molar-refractivity contribution in [2.45, 2.75) is 26.4 Å². The maximum absolute atomic E-state index is 12.2. The highest BCUT2D eigenvalue weighted by Crippen LogP contribution is 2.36. The van der Waals surface area contributed by atoms with Gasteiger partial charge in [0.05, 0.1) is 34.8 Å². The minimum atomic E-state index is -0.547. The smallest absolute Gasteiger partial charge is 0.299 e. The van der Waals surface area contributed by atoms with Gasteiger partial charge in [-0.25, -0.2) is 4.98 Å².